The van der Waals surface area contributed by atoms with E-state index < -0.39 is 0 Å². The fraction of sp³-hybridized carbons (Fsp3) is 0.417. The van der Waals surface area contributed by atoms with Crippen LogP contribution in [0.25, 0.3) is 0 Å². The van der Waals surface area contributed by atoms with Gasteiger partial charge in [0, 0.05) is 57.8 Å². The molecule has 3 heterocycles. The zero-order valence-corrected chi connectivity index (χ0v) is 17.6. The summed E-state index contributed by atoms with van der Waals surface area (Å²) in [4.78, 5) is 30.9. The van der Waals surface area contributed by atoms with Gasteiger partial charge in [0.15, 0.2) is 11.5 Å². The molecule has 2 amide bonds. The summed E-state index contributed by atoms with van der Waals surface area (Å²) in [5, 5.41) is 0. The molecule has 0 bridgehead atoms. The van der Waals surface area contributed by atoms with Crippen molar-refractivity contribution in [2.45, 2.75) is 25.9 Å². The van der Waals surface area contributed by atoms with Crippen LogP contribution in [-0.4, -0.2) is 66.0 Å². The molecular weight excluding hydrogens is 394 g/mol. The number of hydrogen-bond acceptors (Lipinski definition) is 5. The van der Waals surface area contributed by atoms with Crippen molar-refractivity contribution in [3.63, 3.8) is 0 Å². The number of benzene rings is 2. The maximum Gasteiger partial charge on any atom is 0.253 e. The average Bonchev–Trinajstić information content (AvgIpc) is 3.43. The van der Waals surface area contributed by atoms with Crippen LogP contribution in [0.3, 0.4) is 0 Å². The molecule has 162 valence electrons. The Morgan fingerprint density at radius 2 is 1.58 bits per heavy atom. The summed E-state index contributed by atoms with van der Waals surface area (Å²) in [5.74, 6) is 1.91. The van der Waals surface area contributed by atoms with Gasteiger partial charge >= 0.3 is 0 Å². The molecule has 0 aliphatic carbocycles. The maximum absolute atomic E-state index is 12.9. The van der Waals surface area contributed by atoms with E-state index in [2.05, 4.69) is 11.0 Å². The van der Waals surface area contributed by atoms with E-state index in [-0.39, 0.29) is 18.6 Å². The highest BCUT2D eigenvalue weighted by atomic mass is 16.7. The minimum Gasteiger partial charge on any atom is -0.454 e. The van der Waals surface area contributed by atoms with Crippen LogP contribution in [0, 0.1) is 0 Å². The molecule has 2 saturated heterocycles. The van der Waals surface area contributed by atoms with Gasteiger partial charge in [0.05, 0.1) is 0 Å². The van der Waals surface area contributed by atoms with E-state index in [0.717, 1.165) is 49.7 Å². The van der Waals surface area contributed by atoms with Crippen molar-refractivity contribution < 1.29 is 19.1 Å². The third-order valence-electron chi connectivity index (χ3n) is 6.25. The fourth-order valence-electron chi connectivity index (χ4n) is 4.43. The first-order valence-electron chi connectivity index (χ1n) is 10.9. The lowest BCUT2D eigenvalue weighted by Crippen LogP contribution is -2.48. The molecule has 31 heavy (non-hydrogen) atoms. The molecule has 0 spiro atoms. The molecule has 0 aromatic heterocycles. The van der Waals surface area contributed by atoms with E-state index in [1.165, 1.54) is 5.56 Å². The maximum atomic E-state index is 12.9. The lowest BCUT2D eigenvalue weighted by atomic mass is 10.1. The van der Waals surface area contributed by atoms with E-state index in [1.807, 2.05) is 46.2 Å². The summed E-state index contributed by atoms with van der Waals surface area (Å²) in [6, 6.07) is 13.8. The number of fused-ring (bicyclic) bond motifs is 1. The van der Waals surface area contributed by atoms with E-state index in [0.29, 0.717) is 31.6 Å². The Balaban J connectivity index is 1.13. The molecular formula is C24H27N3O4. The van der Waals surface area contributed by atoms with Crippen LogP contribution >= 0.6 is 0 Å². The van der Waals surface area contributed by atoms with E-state index in [4.69, 9.17) is 9.47 Å². The van der Waals surface area contributed by atoms with Crippen molar-refractivity contribution in [1.82, 2.24) is 14.7 Å². The highest BCUT2D eigenvalue weighted by Crippen LogP contribution is 2.32. The number of nitrogens with zero attached hydrogens (tertiary/aromatic N) is 3. The van der Waals surface area contributed by atoms with Crippen LogP contribution in [0.15, 0.2) is 42.5 Å². The predicted molar refractivity (Wildman–Crippen MR) is 115 cm³/mol. The SMILES string of the molecule is O=C1CCCN1Cc1ccc(C(=O)N2CCN(Cc3ccc4c(c3)OCO4)CC2)cc1. The van der Waals surface area contributed by atoms with E-state index in [9.17, 15) is 9.59 Å². The van der Waals surface area contributed by atoms with Crippen molar-refractivity contribution in [2.24, 2.45) is 0 Å². The Morgan fingerprint density at radius 1 is 0.839 bits per heavy atom. The molecule has 0 radical (unpaired) electrons. The summed E-state index contributed by atoms with van der Waals surface area (Å²) in [6.07, 6.45) is 1.59. The van der Waals surface area contributed by atoms with Crippen LogP contribution in [-0.2, 0) is 17.9 Å². The zero-order valence-electron chi connectivity index (χ0n) is 17.6. The molecule has 7 nitrogen and oxygen atoms in total. The number of ether oxygens (including phenoxy) is 2. The quantitative estimate of drug-likeness (QED) is 0.742. The van der Waals surface area contributed by atoms with Gasteiger partial charge in [-0.1, -0.05) is 18.2 Å². The molecule has 0 saturated carbocycles. The van der Waals surface area contributed by atoms with Gasteiger partial charge in [0.25, 0.3) is 5.91 Å². The first-order chi connectivity index (χ1) is 15.2. The minimum atomic E-state index is 0.0755. The number of piperazine rings is 1. The molecule has 0 N–H and O–H groups in total. The van der Waals surface area contributed by atoms with Crippen LogP contribution < -0.4 is 9.47 Å². The largest absolute Gasteiger partial charge is 0.454 e. The van der Waals surface area contributed by atoms with Gasteiger partial charge in [-0.2, -0.15) is 0 Å². The predicted octanol–water partition coefficient (Wildman–Crippen LogP) is 2.50. The van der Waals surface area contributed by atoms with Gasteiger partial charge in [-0.3, -0.25) is 14.5 Å². The monoisotopic (exact) mass is 421 g/mol. The van der Waals surface area contributed by atoms with Gasteiger partial charge in [-0.15, -0.1) is 0 Å². The van der Waals surface area contributed by atoms with Crippen molar-refractivity contribution in [3.8, 4) is 11.5 Å². The highest BCUT2D eigenvalue weighted by molar-refractivity contribution is 5.94. The highest BCUT2D eigenvalue weighted by Gasteiger charge is 2.24. The number of carbonyl (C=O) groups excluding carboxylic acids is 2. The molecule has 3 aliphatic heterocycles. The molecule has 2 fully saturated rings. The van der Waals surface area contributed by atoms with Crippen molar-refractivity contribution in [3.05, 3.63) is 59.2 Å². The van der Waals surface area contributed by atoms with Gasteiger partial charge in [0.1, 0.15) is 0 Å². The average molecular weight is 421 g/mol. The van der Waals surface area contributed by atoms with Crippen molar-refractivity contribution in [1.29, 1.82) is 0 Å². The van der Waals surface area contributed by atoms with Crippen LogP contribution in [0.2, 0.25) is 0 Å². The van der Waals surface area contributed by atoms with Gasteiger partial charge in [-0.25, -0.2) is 0 Å². The summed E-state index contributed by atoms with van der Waals surface area (Å²) in [7, 11) is 0. The van der Waals surface area contributed by atoms with Crippen LogP contribution in [0.5, 0.6) is 11.5 Å². The smallest absolute Gasteiger partial charge is 0.253 e. The number of amides is 2. The lowest BCUT2D eigenvalue weighted by molar-refractivity contribution is -0.128. The third kappa shape index (κ3) is 4.37. The summed E-state index contributed by atoms with van der Waals surface area (Å²) < 4.78 is 10.8. The number of likely N-dealkylation sites (tertiary alicyclic amines) is 1. The van der Waals surface area contributed by atoms with E-state index in [1.54, 1.807) is 0 Å². The molecule has 0 unspecified atom stereocenters. The Kier molecular flexibility index (Phi) is 5.51. The van der Waals surface area contributed by atoms with Crippen molar-refractivity contribution >= 4 is 11.8 Å². The van der Waals surface area contributed by atoms with Gasteiger partial charge < -0.3 is 19.3 Å². The van der Waals surface area contributed by atoms with Crippen LogP contribution in [0.4, 0.5) is 0 Å². The van der Waals surface area contributed by atoms with Gasteiger partial charge in [-0.05, 0) is 41.8 Å². The zero-order chi connectivity index (χ0) is 21.2. The Labute approximate surface area is 182 Å². The summed E-state index contributed by atoms with van der Waals surface area (Å²) in [6.45, 7) is 5.70. The molecule has 2 aromatic carbocycles. The number of carbonyl (C=O) groups is 2. The van der Waals surface area contributed by atoms with Crippen molar-refractivity contribution in [2.75, 3.05) is 39.5 Å². The molecule has 7 heteroatoms. The second-order valence-electron chi connectivity index (χ2n) is 8.37. The summed E-state index contributed by atoms with van der Waals surface area (Å²) in [5.41, 5.74) is 2.97. The Morgan fingerprint density at radius 3 is 2.32 bits per heavy atom. The number of hydrogen-bond donors (Lipinski definition) is 0. The normalized spacial score (nSPS) is 18.6. The Bertz CT molecular complexity index is 967. The lowest BCUT2D eigenvalue weighted by Gasteiger charge is -2.34. The first-order valence-corrected chi connectivity index (χ1v) is 10.9. The molecule has 5 rings (SSSR count). The first kappa shape index (κ1) is 19.9. The fourth-order valence-corrected chi connectivity index (χ4v) is 4.43. The number of rotatable bonds is 5. The summed E-state index contributed by atoms with van der Waals surface area (Å²) >= 11 is 0. The topological polar surface area (TPSA) is 62.3 Å². The third-order valence-corrected chi connectivity index (χ3v) is 6.25. The second kappa shape index (κ2) is 8.59. The van der Waals surface area contributed by atoms with Gasteiger partial charge in [0.2, 0.25) is 12.7 Å². The molecule has 3 aliphatic rings. The standard InChI is InChI=1S/C24H27N3O4/c28-23-2-1-9-27(23)16-18-3-6-20(7-4-18)24(29)26-12-10-25(11-13-26)15-19-5-8-21-22(14-19)31-17-30-21/h3-8,14H,1-2,9-13,15-17H2. The van der Waals surface area contributed by atoms with Crippen LogP contribution in [0.1, 0.15) is 34.3 Å². The minimum absolute atomic E-state index is 0.0755. The molecule has 2 aromatic rings. The molecule has 0 atom stereocenters. The Hall–Kier alpha value is -3.06. The van der Waals surface area contributed by atoms with E-state index >= 15 is 0 Å². The second-order valence-corrected chi connectivity index (χ2v) is 8.37.